The Morgan fingerprint density at radius 1 is 1.15 bits per heavy atom. The molecule has 1 aliphatic rings. The molecule has 1 aliphatic heterocycles. The molecule has 26 heavy (non-hydrogen) atoms. The zero-order valence-electron chi connectivity index (χ0n) is 14.2. The van der Waals surface area contributed by atoms with Crippen molar-refractivity contribution < 1.29 is 4.79 Å². The second kappa shape index (κ2) is 7.70. The first-order valence-corrected chi connectivity index (χ1v) is 9.56. The summed E-state index contributed by atoms with van der Waals surface area (Å²) in [4.78, 5) is 19.4. The van der Waals surface area contributed by atoms with Crippen LogP contribution in [0.15, 0.2) is 66.0 Å². The van der Waals surface area contributed by atoms with Crippen molar-refractivity contribution in [2.75, 3.05) is 18.8 Å². The highest BCUT2D eigenvalue weighted by molar-refractivity contribution is 8.00. The van der Waals surface area contributed by atoms with Gasteiger partial charge in [-0.2, -0.15) is 0 Å². The quantitative estimate of drug-likeness (QED) is 0.651. The summed E-state index contributed by atoms with van der Waals surface area (Å²) in [6, 6.07) is 14.0. The van der Waals surface area contributed by atoms with Crippen molar-refractivity contribution in [2.24, 2.45) is 0 Å². The Morgan fingerprint density at radius 3 is 2.77 bits per heavy atom. The second-order valence-corrected chi connectivity index (χ2v) is 7.25. The molecule has 0 spiro atoms. The number of aromatic nitrogens is 4. The molecule has 1 atom stereocenters. The Bertz CT molecular complexity index is 868. The predicted octanol–water partition coefficient (Wildman–Crippen LogP) is 2.91. The summed E-state index contributed by atoms with van der Waals surface area (Å²) in [5.41, 5.74) is 1.92. The third-order valence-electron chi connectivity index (χ3n) is 4.48. The summed E-state index contributed by atoms with van der Waals surface area (Å²) < 4.78 is 1.89. The minimum atomic E-state index is 0.165. The molecular formula is C19H19N5OS. The van der Waals surface area contributed by atoms with Crippen molar-refractivity contribution in [1.29, 1.82) is 0 Å². The largest absolute Gasteiger partial charge is 0.340 e. The van der Waals surface area contributed by atoms with E-state index in [4.69, 9.17) is 0 Å². The molecule has 4 rings (SSSR count). The standard InChI is InChI=1S/C19H19N5OS/c25-19(14-26-17-6-9-20-10-7-17)23-11-8-16(12-23)24-13-18(21-22-24)15-4-2-1-3-5-15/h1-7,9-10,13,16H,8,11-12,14H2/t16-/m0/s1. The van der Waals surface area contributed by atoms with Gasteiger partial charge in [0.05, 0.1) is 18.0 Å². The fraction of sp³-hybridized carbons (Fsp3) is 0.263. The lowest BCUT2D eigenvalue weighted by Gasteiger charge is -2.16. The number of likely N-dealkylation sites (tertiary alicyclic amines) is 1. The zero-order valence-corrected chi connectivity index (χ0v) is 15.0. The molecule has 3 heterocycles. The van der Waals surface area contributed by atoms with Gasteiger partial charge in [0.25, 0.3) is 0 Å². The first-order valence-electron chi connectivity index (χ1n) is 8.57. The normalized spacial score (nSPS) is 16.8. The molecule has 132 valence electrons. The molecule has 3 aromatic rings. The van der Waals surface area contributed by atoms with Crippen molar-refractivity contribution in [3.05, 3.63) is 61.1 Å². The fourth-order valence-corrected chi connectivity index (χ4v) is 3.84. The van der Waals surface area contributed by atoms with Gasteiger partial charge in [-0.25, -0.2) is 4.68 Å². The van der Waals surface area contributed by atoms with E-state index in [1.165, 1.54) is 0 Å². The molecule has 0 radical (unpaired) electrons. The number of amides is 1. The lowest BCUT2D eigenvalue weighted by atomic mass is 10.2. The van der Waals surface area contributed by atoms with Crippen LogP contribution in [0.4, 0.5) is 0 Å². The van der Waals surface area contributed by atoms with Crippen LogP contribution in [-0.2, 0) is 4.79 Å². The third-order valence-corrected chi connectivity index (χ3v) is 5.48. The summed E-state index contributed by atoms with van der Waals surface area (Å²) in [5.74, 6) is 0.612. The molecule has 0 unspecified atom stereocenters. The van der Waals surface area contributed by atoms with Crippen LogP contribution in [0.1, 0.15) is 12.5 Å². The van der Waals surface area contributed by atoms with Gasteiger partial charge in [0.15, 0.2) is 0 Å². The van der Waals surface area contributed by atoms with E-state index in [0.717, 1.165) is 29.1 Å². The monoisotopic (exact) mass is 365 g/mol. The first kappa shape index (κ1) is 16.8. The Morgan fingerprint density at radius 2 is 1.96 bits per heavy atom. The molecule has 6 nitrogen and oxygen atoms in total. The summed E-state index contributed by atoms with van der Waals surface area (Å²) in [7, 11) is 0. The maximum Gasteiger partial charge on any atom is 0.233 e. The molecule has 1 amide bonds. The average molecular weight is 365 g/mol. The van der Waals surface area contributed by atoms with Gasteiger partial charge in [-0.1, -0.05) is 35.5 Å². The van der Waals surface area contributed by atoms with E-state index in [1.807, 2.05) is 58.2 Å². The number of thioether (sulfide) groups is 1. The van der Waals surface area contributed by atoms with Crippen LogP contribution in [0.3, 0.4) is 0 Å². The Labute approximate surface area is 156 Å². The van der Waals surface area contributed by atoms with Crippen LogP contribution in [0, 0.1) is 0 Å². The minimum absolute atomic E-state index is 0.165. The molecule has 1 fully saturated rings. The minimum Gasteiger partial charge on any atom is -0.340 e. The van der Waals surface area contributed by atoms with Gasteiger partial charge in [-0.3, -0.25) is 9.78 Å². The van der Waals surface area contributed by atoms with Crippen LogP contribution in [-0.4, -0.2) is 49.6 Å². The topological polar surface area (TPSA) is 63.9 Å². The smallest absolute Gasteiger partial charge is 0.233 e. The van der Waals surface area contributed by atoms with Gasteiger partial charge < -0.3 is 4.90 Å². The van der Waals surface area contributed by atoms with Crippen LogP contribution < -0.4 is 0 Å². The summed E-state index contributed by atoms with van der Waals surface area (Å²) in [6.07, 6.45) is 6.37. The summed E-state index contributed by atoms with van der Waals surface area (Å²) in [6.45, 7) is 1.45. The molecule has 1 saturated heterocycles. The third kappa shape index (κ3) is 3.77. The van der Waals surface area contributed by atoms with Crippen molar-refractivity contribution in [3.63, 3.8) is 0 Å². The fourth-order valence-electron chi connectivity index (χ4n) is 3.05. The van der Waals surface area contributed by atoms with Crippen molar-refractivity contribution in [3.8, 4) is 11.3 Å². The molecule has 0 N–H and O–H groups in total. The van der Waals surface area contributed by atoms with Crippen LogP contribution in [0.5, 0.6) is 0 Å². The van der Waals surface area contributed by atoms with Gasteiger partial charge in [-0.05, 0) is 18.6 Å². The van der Waals surface area contributed by atoms with E-state index in [-0.39, 0.29) is 11.9 Å². The number of rotatable bonds is 5. The Hall–Kier alpha value is -2.67. The van der Waals surface area contributed by atoms with Crippen molar-refractivity contribution >= 4 is 17.7 Å². The number of carbonyl (C=O) groups excluding carboxylic acids is 1. The van der Waals surface area contributed by atoms with Crippen LogP contribution >= 0.6 is 11.8 Å². The van der Waals surface area contributed by atoms with Gasteiger partial charge in [-0.15, -0.1) is 16.9 Å². The SMILES string of the molecule is O=C(CSc1ccncc1)N1CC[C@H](n2cc(-c3ccccc3)nn2)C1. The summed E-state index contributed by atoms with van der Waals surface area (Å²) >= 11 is 1.55. The van der Waals surface area contributed by atoms with Crippen molar-refractivity contribution in [2.45, 2.75) is 17.4 Å². The molecule has 0 aliphatic carbocycles. The van der Waals surface area contributed by atoms with E-state index in [2.05, 4.69) is 15.3 Å². The lowest BCUT2D eigenvalue weighted by molar-refractivity contribution is -0.127. The highest BCUT2D eigenvalue weighted by Crippen LogP contribution is 2.25. The Kier molecular flexibility index (Phi) is 4.97. The summed E-state index contributed by atoms with van der Waals surface area (Å²) in [5, 5.41) is 8.55. The zero-order chi connectivity index (χ0) is 17.8. The predicted molar refractivity (Wildman–Crippen MR) is 101 cm³/mol. The van der Waals surface area contributed by atoms with Crippen LogP contribution in [0.2, 0.25) is 0 Å². The first-order chi connectivity index (χ1) is 12.8. The van der Waals surface area contributed by atoms with E-state index in [1.54, 1.807) is 24.2 Å². The van der Waals surface area contributed by atoms with E-state index < -0.39 is 0 Å². The van der Waals surface area contributed by atoms with Crippen molar-refractivity contribution in [1.82, 2.24) is 24.9 Å². The lowest BCUT2D eigenvalue weighted by Crippen LogP contribution is -2.30. The number of hydrogen-bond acceptors (Lipinski definition) is 5. The van der Waals surface area contributed by atoms with E-state index >= 15 is 0 Å². The van der Waals surface area contributed by atoms with Gasteiger partial charge in [0, 0.05) is 35.9 Å². The molecule has 1 aromatic carbocycles. The number of hydrogen-bond donors (Lipinski definition) is 0. The molecule has 2 aromatic heterocycles. The van der Waals surface area contributed by atoms with Gasteiger partial charge in [0.2, 0.25) is 5.91 Å². The van der Waals surface area contributed by atoms with E-state index in [0.29, 0.717) is 12.3 Å². The Balaban J connectivity index is 1.35. The number of nitrogens with zero attached hydrogens (tertiary/aromatic N) is 5. The molecule has 0 saturated carbocycles. The van der Waals surface area contributed by atoms with E-state index in [9.17, 15) is 4.79 Å². The number of benzene rings is 1. The number of pyridine rings is 1. The second-order valence-electron chi connectivity index (χ2n) is 6.20. The average Bonchev–Trinajstić information content (AvgIpc) is 3.37. The van der Waals surface area contributed by atoms with Gasteiger partial charge >= 0.3 is 0 Å². The molecule has 0 bridgehead atoms. The molecule has 7 heteroatoms. The highest BCUT2D eigenvalue weighted by atomic mass is 32.2. The maximum atomic E-state index is 12.5. The van der Waals surface area contributed by atoms with Crippen LogP contribution in [0.25, 0.3) is 11.3 Å². The number of carbonyl (C=O) groups is 1. The molecular weight excluding hydrogens is 346 g/mol. The highest BCUT2D eigenvalue weighted by Gasteiger charge is 2.28. The maximum absolute atomic E-state index is 12.5. The van der Waals surface area contributed by atoms with Gasteiger partial charge in [0.1, 0.15) is 5.69 Å².